The Morgan fingerprint density at radius 2 is 1.97 bits per heavy atom. The predicted molar refractivity (Wildman–Crippen MR) is 139 cm³/mol. The number of carbonyl (C=O) groups excluding carboxylic acids is 2. The Bertz CT molecular complexity index is 1590. The van der Waals surface area contributed by atoms with Gasteiger partial charge in [0.1, 0.15) is 0 Å². The van der Waals surface area contributed by atoms with Gasteiger partial charge >= 0.3 is 0 Å². The SMILES string of the molecule is Cc1nn(C)c2cc(-c3nc(C4CCN(C(=O)C5CC(=O)N(c6cccc(C#N)c6)C5)CC4)no3)ccc12. The van der Waals surface area contributed by atoms with E-state index >= 15 is 0 Å². The zero-order valence-corrected chi connectivity index (χ0v) is 21.3. The summed E-state index contributed by atoms with van der Waals surface area (Å²) in [6.07, 6.45) is 1.66. The molecule has 2 aliphatic rings. The molecule has 2 aromatic heterocycles. The minimum absolute atomic E-state index is 0.00399. The molecular weight excluding hydrogens is 482 g/mol. The predicted octanol–water partition coefficient (Wildman–Crippen LogP) is 3.56. The fourth-order valence-electron chi connectivity index (χ4n) is 5.57. The zero-order chi connectivity index (χ0) is 26.4. The lowest BCUT2D eigenvalue weighted by atomic mass is 9.95. The van der Waals surface area contributed by atoms with Crippen LogP contribution in [0.2, 0.25) is 0 Å². The average molecular weight is 510 g/mol. The number of anilines is 1. The van der Waals surface area contributed by atoms with Crippen molar-refractivity contribution >= 4 is 28.4 Å². The van der Waals surface area contributed by atoms with Gasteiger partial charge in [-0.3, -0.25) is 14.3 Å². The third-order valence-corrected chi connectivity index (χ3v) is 7.66. The Hall–Kier alpha value is -4.52. The summed E-state index contributed by atoms with van der Waals surface area (Å²) in [6.45, 7) is 3.49. The normalized spacial score (nSPS) is 18.3. The van der Waals surface area contributed by atoms with Gasteiger partial charge in [-0.05, 0) is 50.1 Å². The number of piperidine rings is 1. The van der Waals surface area contributed by atoms with Gasteiger partial charge in [-0.25, -0.2) is 0 Å². The van der Waals surface area contributed by atoms with Crippen molar-refractivity contribution in [1.82, 2.24) is 24.8 Å². The van der Waals surface area contributed by atoms with E-state index in [1.165, 1.54) is 0 Å². The summed E-state index contributed by atoms with van der Waals surface area (Å²) in [5.41, 5.74) is 3.98. The van der Waals surface area contributed by atoms with Crippen molar-refractivity contribution in [3.05, 3.63) is 59.5 Å². The average Bonchev–Trinajstić information content (AvgIpc) is 3.66. The summed E-state index contributed by atoms with van der Waals surface area (Å²) in [7, 11) is 1.92. The number of likely N-dealkylation sites (tertiary alicyclic amines) is 1. The molecule has 0 spiro atoms. The van der Waals surface area contributed by atoms with E-state index in [1.54, 1.807) is 29.2 Å². The molecular formula is C28H27N7O3. The number of rotatable bonds is 4. The van der Waals surface area contributed by atoms with E-state index in [2.05, 4.69) is 21.3 Å². The molecule has 0 radical (unpaired) electrons. The van der Waals surface area contributed by atoms with Crippen LogP contribution in [0.15, 0.2) is 47.0 Å². The van der Waals surface area contributed by atoms with Gasteiger partial charge in [0, 0.05) is 55.7 Å². The smallest absolute Gasteiger partial charge is 0.258 e. The summed E-state index contributed by atoms with van der Waals surface area (Å²) in [5.74, 6) is 0.774. The Morgan fingerprint density at radius 1 is 1.16 bits per heavy atom. The van der Waals surface area contributed by atoms with Crippen LogP contribution in [0, 0.1) is 24.2 Å². The highest BCUT2D eigenvalue weighted by Gasteiger charge is 2.38. The minimum atomic E-state index is -0.382. The number of amides is 2. The third-order valence-electron chi connectivity index (χ3n) is 7.66. The maximum atomic E-state index is 13.3. The summed E-state index contributed by atoms with van der Waals surface area (Å²) in [6, 6.07) is 15.0. The molecule has 1 unspecified atom stereocenters. The van der Waals surface area contributed by atoms with Gasteiger partial charge in [0.2, 0.25) is 11.8 Å². The Labute approximate surface area is 219 Å². The summed E-state index contributed by atoms with van der Waals surface area (Å²) < 4.78 is 7.45. The van der Waals surface area contributed by atoms with Crippen LogP contribution in [0.4, 0.5) is 5.69 Å². The molecule has 2 amide bonds. The fourth-order valence-corrected chi connectivity index (χ4v) is 5.57. The first-order valence-corrected chi connectivity index (χ1v) is 12.8. The molecule has 1 atom stereocenters. The standard InChI is InChI=1S/C28H27N7O3/c1-17-23-7-6-20(13-24(23)33(2)31-17)27-30-26(32-38-27)19-8-10-34(11-9-19)28(37)21-14-25(36)35(16-21)22-5-3-4-18(12-22)15-29/h3-7,12-13,19,21H,8-11,14,16H2,1-2H3. The van der Waals surface area contributed by atoms with Crippen LogP contribution in [0.5, 0.6) is 0 Å². The largest absolute Gasteiger partial charge is 0.342 e. The van der Waals surface area contributed by atoms with Gasteiger partial charge in [0.15, 0.2) is 5.82 Å². The van der Waals surface area contributed by atoms with Gasteiger partial charge < -0.3 is 14.3 Å². The van der Waals surface area contributed by atoms with Crippen molar-refractivity contribution in [2.45, 2.75) is 32.1 Å². The number of hydrogen-bond donors (Lipinski definition) is 0. The van der Waals surface area contributed by atoms with Gasteiger partial charge in [0.05, 0.1) is 28.8 Å². The molecule has 2 aliphatic heterocycles. The van der Waals surface area contributed by atoms with Gasteiger partial charge in [-0.2, -0.15) is 15.3 Å². The molecule has 4 aromatic rings. The van der Waals surface area contributed by atoms with Crippen LogP contribution in [0.25, 0.3) is 22.4 Å². The molecule has 2 fully saturated rings. The van der Waals surface area contributed by atoms with Crippen molar-refractivity contribution in [1.29, 1.82) is 5.26 Å². The van der Waals surface area contributed by atoms with Crippen molar-refractivity contribution in [2.75, 3.05) is 24.5 Å². The first-order chi connectivity index (χ1) is 18.4. The second-order valence-corrected chi connectivity index (χ2v) is 10.1. The minimum Gasteiger partial charge on any atom is -0.342 e. The first-order valence-electron chi connectivity index (χ1n) is 12.8. The topological polar surface area (TPSA) is 121 Å². The molecule has 4 heterocycles. The third kappa shape index (κ3) is 4.20. The number of aryl methyl sites for hydroxylation is 2. The Morgan fingerprint density at radius 3 is 2.76 bits per heavy atom. The van der Waals surface area contributed by atoms with Gasteiger partial charge in [0.25, 0.3) is 5.89 Å². The van der Waals surface area contributed by atoms with E-state index < -0.39 is 0 Å². The van der Waals surface area contributed by atoms with Crippen LogP contribution in [0.3, 0.4) is 0 Å². The van der Waals surface area contributed by atoms with E-state index in [1.807, 2.05) is 41.8 Å². The number of carbonyl (C=O) groups is 2. The second-order valence-electron chi connectivity index (χ2n) is 10.1. The maximum absolute atomic E-state index is 13.3. The molecule has 0 saturated carbocycles. The molecule has 2 aromatic carbocycles. The van der Waals surface area contributed by atoms with E-state index in [0.29, 0.717) is 42.6 Å². The molecule has 38 heavy (non-hydrogen) atoms. The lowest BCUT2D eigenvalue weighted by Crippen LogP contribution is -2.42. The van der Waals surface area contributed by atoms with E-state index in [-0.39, 0.29) is 30.1 Å². The summed E-state index contributed by atoms with van der Waals surface area (Å²) >= 11 is 0. The van der Waals surface area contributed by atoms with Crippen LogP contribution < -0.4 is 4.90 Å². The van der Waals surface area contributed by atoms with E-state index in [4.69, 9.17) is 9.78 Å². The number of nitriles is 1. The number of hydrogen-bond acceptors (Lipinski definition) is 7. The molecule has 0 N–H and O–H groups in total. The molecule has 2 saturated heterocycles. The van der Waals surface area contributed by atoms with E-state index in [9.17, 15) is 9.59 Å². The highest BCUT2D eigenvalue weighted by atomic mass is 16.5. The Balaban J connectivity index is 1.09. The number of benzene rings is 2. The number of nitrogens with zero attached hydrogens (tertiary/aromatic N) is 7. The molecule has 10 nitrogen and oxygen atoms in total. The summed E-state index contributed by atoms with van der Waals surface area (Å²) in [5, 5.41) is 19.0. The highest BCUT2D eigenvalue weighted by Crippen LogP contribution is 2.32. The van der Waals surface area contributed by atoms with Crippen LogP contribution in [-0.4, -0.2) is 56.3 Å². The quantitative estimate of drug-likeness (QED) is 0.412. The van der Waals surface area contributed by atoms with Gasteiger partial charge in [-0.1, -0.05) is 17.3 Å². The highest BCUT2D eigenvalue weighted by molar-refractivity contribution is 6.00. The second kappa shape index (κ2) is 9.41. The lowest BCUT2D eigenvalue weighted by molar-refractivity contribution is -0.136. The monoisotopic (exact) mass is 509 g/mol. The molecule has 0 bridgehead atoms. The van der Waals surface area contributed by atoms with E-state index in [0.717, 1.165) is 35.0 Å². The van der Waals surface area contributed by atoms with Crippen LogP contribution >= 0.6 is 0 Å². The van der Waals surface area contributed by atoms with Crippen molar-refractivity contribution in [3.63, 3.8) is 0 Å². The summed E-state index contributed by atoms with van der Waals surface area (Å²) in [4.78, 5) is 34.1. The number of aromatic nitrogens is 4. The number of fused-ring (bicyclic) bond motifs is 1. The molecule has 10 heteroatoms. The lowest BCUT2D eigenvalue weighted by Gasteiger charge is -2.32. The van der Waals surface area contributed by atoms with Crippen LogP contribution in [-0.2, 0) is 16.6 Å². The van der Waals surface area contributed by atoms with Crippen LogP contribution in [0.1, 0.15) is 42.3 Å². The maximum Gasteiger partial charge on any atom is 0.258 e. The fraction of sp³-hybridized carbons (Fsp3) is 0.357. The molecule has 192 valence electrons. The zero-order valence-electron chi connectivity index (χ0n) is 21.3. The van der Waals surface area contributed by atoms with Crippen molar-refractivity contribution in [2.24, 2.45) is 13.0 Å². The molecule has 6 rings (SSSR count). The molecule has 0 aliphatic carbocycles. The Kier molecular flexibility index (Phi) is 5.91. The first kappa shape index (κ1) is 23.9. The van der Waals surface area contributed by atoms with Crippen molar-refractivity contribution < 1.29 is 14.1 Å². The van der Waals surface area contributed by atoms with Gasteiger partial charge in [-0.15, -0.1) is 0 Å². The van der Waals surface area contributed by atoms with Crippen molar-refractivity contribution in [3.8, 4) is 17.5 Å².